The number of nitrogen functional groups attached to an aromatic ring is 1. The van der Waals surface area contributed by atoms with E-state index in [0.29, 0.717) is 0 Å². The lowest BCUT2D eigenvalue weighted by molar-refractivity contribution is 0.250. The van der Waals surface area contributed by atoms with E-state index in [4.69, 9.17) is 5.73 Å². The minimum absolute atomic E-state index is 0.884. The summed E-state index contributed by atoms with van der Waals surface area (Å²) >= 11 is 0. The Labute approximate surface area is 105 Å². The second-order valence-electron chi connectivity index (χ2n) is 5.10. The van der Waals surface area contributed by atoms with Crippen molar-refractivity contribution in [1.82, 2.24) is 4.90 Å². The van der Waals surface area contributed by atoms with Gasteiger partial charge < -0.3 is 10.6 Å². The zero-order valence-corrected chi connectivity index (χ0v) is 10.7. The highest BCUT2D eigenvalue weighted by atomic mass is 15.1. The molecule has 0 radical (unpaired) electrons. The summed E-state index contributed by atoms with van der Waals surface area (Å²) in [5, 5.41) is 0. The van der Waals surface area contributed by atoms with Crippen LogP contribution < -0.4 is 5.73 Å². The van der Waals surface area contributed by atoms with Crippen molar-refractivity contribution in [1.29, 1.82) is 0 Å². The Morgan fingerprint density at radius 3 is 2.41 bits per heavy atom. The third kappa shape index (κ3) is 4.39. The van der Waals surface area contributed by atoms with Gasteiger partial charge in [-0.25, -0.2) is 0 Å². The van der Waals surface area contributed by atoms with E-state index in [1.807, 2.05) is 6.07 Å². The quantitative estimate of drug-likeness (QED) is 0.812. The third-order valence-electron chi connectivity index (χ3n) is 3.62. The van der Waals surface area contributed by atoms with E-state index < -0.39 is 0 Å². The number of likely N-dealkylation sites (tertiary alicyclic amines) is 1. The van der Waals surface area contributed by atoms with Gasteiger partial charge in [0.2, 0.25) is 0 Å². The van der Waals surface area contributed by atoms with Crippen LogP contribution in [0.3, 0.4) is 0 Å². The Balaban J connectivity index is 1.79. The van der Waals surface area contributed by atoms with Crippen LogP contribution in [-0.4, -0.2) is 24.5 Å². The number of rotatable bonds is 3. The SMILES string of the molecule is Nc1cccc(CCN2CCCCCCC2)c1. The predicted molar refractivity (Wildman–Crippen MR) is 74.1 cm³/mol. The fraction of sp³-hybridized carbons (Fsp3) is 0.600. The highest BCUT2D eigenvalue weighted by molar-refractivity contribution is 5.40. The first-order valence-electron chi connectivity index (χ1n) is 6.91. The van der Waals surface area contributed by atoms with E-state index in [1.54, 1.807) is 0 Å². The van der Waals surface area contributed by atoms with Gasteiger partial charge in [0.1, 0.15) is 0 Å². The number of benzene rings is 1. The summed E-state index contributed by atoms with van der Waals surface area (Å²) in [6.07, 6.45) is 8.13. The van der Waals surface area contributed by atoms with E-state index in [-0.39, 0.29) is 0 Å². The molecule has 94 valence electrons. The van der Waals surface area contributed by atoms with Crippen molar-refractivity contribution in [2.24, 2.45) is 0 Å². The number of nitrogens with two attached hydrogens (primary N) is 1. The number of nitrogens with zero attached hydrogens (tertiary/aromatic N) is 1. The molecule has 1 saturated heterocycles. The molecule has 0 amide bonds. The van der Waals surface area contributed by atoms with Crippen LogP contribution in [0.5, 0.6) is 0 Å². The molecule has 0 saturated carbocycles. The maximum atomic E-state index is 5.80. The number of hydrogen-bond acceptors (Lipinski definition) is 2. The molecule has 2 heteroatoms. The van der Waals surface area contributed by atoms with Crippen LogP contribution in [0.15, 0.2) is 24.3 Å². The lowest BCUT2D eigenvalue weighted by Gasteiger charge is -2.24. The molecule has 0 unspecified atom stereocenters. The number of hydrogen-bond donors (Lipinski definition) is 1. The van der Waals surface area contributed by atoms with E-state index in [0.717, 1.165) is 12.1 Å². The molecule has 0 spiro atoms. The summed E-state index contributed by atoms with van der Waals surface area (Å²) in [6, 6.07) is 8.29. The zero-order chi connectivity index (χ0) is 11.9. The van der Waals surface area contributed by atoms with Gasteiger partial charge in [-0.3, -0.25) is 0 Å². The van der Waals surface area contributed by atoms with Gasteiger partial charge in [0.25, 0.3) is 0 Å². The summed E-state index contributed by atoms with van der Waals surface area (Å²) in [5.41, 5.74) is 8.05. The largest absolute Gasteiger partial charge is 0.399 e. The van der Waals surface area contributed by atoms with Crippen LogP contribution in [0.1, 0.15) is 37.7 Å². The molecule has 2 rings (SSSR count). The second kappa shape index (κ2) is 6.65. The average Bonchev–Trinajstić information content (AvgIpc) is 2.27. The van der Waals surface area contributed by atoms with Crippen LogP contribution in [0.25, 0.3) is 0 Å². The van der Waals surface area contributed by atoms with Gasteiger partial charge in [-0.15, -0.1) is 0 Å². The van der Waals surface area contributed by atoms with Gasteiger partial charge >= 0.3 is 0 Å². The van der Waals surface area contributed by atoms with E-state index in [1.165, 1.54) is 57.3 Å². The molecule has 0 aromatic heterocycles. The van der Waals surface area contributed by atoms with Gasteiger partial charge in [0.15, 0.2) is 0 Å². The smallest absolute Gasteiger partial charge is 0.0316 e. The molecule has 2 nitrogen and oxygen atoms in total. The first-order chi connectivity index (χ1) is 8.34. The molecule has 0 bridgehead atoms. The molecule has 2 N–H and O–H groups in total. The van der Waals surface area contributed by atoms with Crippen LogP contribution in [0, 0.1) is 0 Å². The zero-order valence-electron chi connectivity index (χ0n) is 10.7. The normalized spacial score (nSPS) is 18.6. The Morgan fingerprint density at radius 2 is 1.71 bits per heavy atom. The lowest BCUT2D eigenvalue weighted by atomic mass is 10.1. The summed E-state index contributed by atoms with van der Waals surface area (Å²) in [4.78, 5) is 2.61. The highest BCUT2D eigenvalue weighted by Gasteiger charge is 2.07. The van der Waals surface area contributed by atoms with Gasteiger partial charge in [0, 0.05) is 12.2 Å². The molecule has 1 fully saturated rings. The molecule has 1 aromatic carbocycles. The van der Waals surface area contributed by atoms with Crippen molar-refractivity contribution >= 4 is 5.69 Å². The molecular weight excluding hydrogens is 208 g/mol. The minimum Gasteiger partial charge on any atom is -0.399 e. The fourth-order valence-electron chi connectivity index (χ4n) is 2.57. The molecule has 1 aliphatic heterocycles. The third-order valence-corrected chi connectivity index (χ3v) is 3.62. The Bertz CT molecular complexity index is 327. The summed E-state index contributed by atoms with van der Waals surface area (Å²) in [7, 11) is 0. The van der Waals surface area contributed by atoms with Gasteiger partial charge in [-0.05, 0) is 50.0 Å². The summed E-state index contributed by atoms with van der Waals surface area (Å²) in [5.74, 6) is 0. The van der Waals surface area contributed by atoms with E-state index >= 15 is 0 Å². The lowest BCUT2D eigenvalue weighted by Crippen LogP contribution is -2.29. The first kappa shape index (κ1) is 12.4. The van der Waals surface area contributed by atoms with Gasteiger partial charge in [-0.1, -0.05) is 31.4 Å². The molecule has 0 aliphatic carbocycles. The molecule has 1 aromatic rings. The van der Waals surface area contributed by atoms with Crippen molar-refractivity contribution in [2.75, 3.05) is 25.4 Å². The van der Waals surface area contributed by atoms with Crippen LogP contribution >= 0.6 is 0 Å². The van der Waals surface area contributed by atoms with Gasteiger partial charge in [-0.2, -0.15) is 0 Å². The van der Waals surface area contributed by atoms with Crippen LogP contribution in [0.4, 0.5) is 5.69 Å². The van der Waals surface area contributed by atoms with Crippen LogP contribution in [0.2, 0.25) is 0 Å². The van der Waals surface area contributed by atoms with Crippen molar-refractivity contribution in [3.63, 3.8) is 0 Å². The summed E-state index contributed by atoms with van der Waals surface area (Å²) < 4.78 is 0. The van der Waals surface area contributed by atoms with Crippen molar-refractivity contribution in [3.8, 4) is 0 Å². The van der Waals surface area contributed by atoms with E-state index in [2.05, 4.69) is 23.1 Å². The average molecular weight is 232 g/mol. The molecule has 1 aliphatic rings. The Kier molecular flexibility index (Phi) is 4.87. The standard InChI is InChI=1S/C15H24N2/c16-15-8-6-7-14(13-15)9-12-17-10-4-2-1-3-5-11-17/h6-8,13H,1-5,9-12,16H2. The fourth-order valence-corrected chi connectivity index (χ4v) is 2.57. The predicted octanol–water partition coefficient (Wildman–Crippen LogP) is 3.08. The maximum absolute atomic E-state index is 5.80. The highest BCUT2D eigenvalue weighted by Crippen LogP contribution is 2.12. The Hall–Kier alpha value is -1.02. The monoisotopic (exact) mass is 232 g/mol. The minimum atomic E-state index is 0.884. The topological polar surface area (TPSA) is 29.3 Å². The maximum Gasteiger partial charge on any atom is 0.0316 e. The van der Waals surface area contributed by atoms with Gasteiger partial charge in [0.05, 0.1) is 0 Å². The molecule has 0 atom stereocenters. The van der Waals surface area contributed by atoms with Crippen molar-refractivity contribution < 1.29 is 0 Å². The summed E-state index contributed by atoms with van der Waals surface area (Å²) in [6.45, 7) is 3.74. The first-order valence-corrected chi connectivity index (χ1v) is 6.91. The van der Waals surface area contributed by atoms with Crippen molar-refractivity contribution in [2.45, 2.75) is 38.5 Å². The van der Waals surface area contributed by atoms with Crippen LogP contribution in [-0.2, 0) is 6.42 Å². The van der Waals surface area contributed by atoms with Crippen molar-refractivity contribution in [3.05, 3.63) is 29.8 Å². The second-order valence-corrected chi connectivity index (χ2v) is 5.10. The Morgan fingerprint density at radius 1 is 1.00 bits per heavy atom. The molecular formula is C15H24N2. The number of anilines is 1. The molecule has 1 heterocycles. The molecule has 17 heavy (non-hydrogen) atoms. The van der Waals surface area contributed by atoms with E-state index in [9.17, 15) is 0 Å².